The Bertz CT molecular complexity index is 794. The third-order valence-corrected chi connectivity index (χ3v) is 6.41. The Labute approximate surface area is 180 Å². The smallest absolute Gasteiger partial charge is 0.249 e. The van der Waals surface area contributed by atoms with Gasteiger partial charge in [-0.2, -0.15) is 0 Å². The van der Waals surface area contributed by atoms with Crippen LogP contribution in [0.2, 0.25) is 0 Å². The monoisotopic (exact) mass is 406 g/mol. The number of hydrogen-bond acceptors (Lipinski definition) is 4. The number of carbonyl (C=O) groups excluding carboxylic acids is 1. The number of piperazine rings is 1. The molecule has 2 fully saturated rings. The van der Waals surface area contributed by atoms with E-state index in [1.807, 2.05) is 35.2 Å². The Morgan fingerprint density at radius 1 is 0.867 bits per heavy atom. The summed E-state index contributed by atoms with van der Waals surface area (Å²) in [7, 11) is 0. The topological polar surface area (TPSA) is 38.8 Å². The van der Waals surface area contributed by atoms with Crippen molar-refractivity contribution in [1.82, 2.24) is 9.80 Å². The predicted molar refractivity (Wildman–Crippen MR) is 124 cm³/mol. The van der Waals surface area contributed by atoms with E-state index in [4.69, 9.17) is 0 Å². The first-order chi connectivity index (χ1) is 14.7. The number of carbonyl (C=O) groups is 1. The second-order valence-corrected chi connectivity index (χ2v) is 8.34. The molecule has 0 spiro atoms. The molecule has 1 N–H and O–H groups in total. The largest absolute Gasteiger partial charge is 0.370 e. The van der Waals surface area contributed by atoms with Crippen LogP contribution in [0.3, 0.4) is 0 Å². The van der Waals surface area contributed by atoms with E-state index in [9.17, 15) is 4.79 Å². The van der Waals surface area contributed by atoms with Crippen LogP contribution in [-0.2, 0) is 4.79 Å². The Morgan fingerprint density at radius 3 is 2.17 bits per heavy atom. The summed E-state index contributed by atoms with van der Waals surface area (Å²) in [6, 6.07) is 18.3. The highest BCUT2D eigenvalue weighted by molar-refractivity contribution is 5.86. The van der Waals surface area contributed by atoms with Gasteiger partial charge in [0.25, 0.3) is 0 Å². The van der Waals surface area contributed by atoms with E-state index in [0.29, 0.717) is 0 Å². The van der Waals surface area contributed by atoms with E-state index in [-0.39, 0.29) is 11.9 Å². The van der Waals surface area contributed by atoms with Gasteiger partial charge in [0.15, 0.2) is 0 Å². The number of amides is 1. The lowest BCUT2D eigenvalue weighted by atomic mass is 10.0. The molecule has 0 radical (unpaired) electrons. The lowest BCUT2D eigenvalue weighted by Crippen LogP contribution is -2.46. The molecule has 1 amide bonds. The first-order valence-corrected chi connectivity index (χ1v) is 11.4. The molecule has 160 valence electrons. The van der Waals surface area contributed by atoms with Crippen LogP contribution in [0, 0.1) is 0 Å². The molecule has 4 rings (SSSR count). The van der Waals surface area contributed by atoms with Crippen LogP contribution < -0.4 is 10.2 Å². The molecule has 30 heavy (non-hydrogen) atoms. The fourth-order valence-electron chi connectivity index (χ4n) is 4.49. The molecule has 2 aliphatic heterocycles. The van der Waals surface area contributed by atoms with Crippen molar-refractivity contribution < 1.29 is 4.79 Å². The third kappa shape index (κ3) is 4.96. The van der Waals surface area contributed by atoms with Gasteiger partial charge in [-0.1, -0.05) is 37.3 Å². The minimum absolute atomic E-state index is 0.181. The second kappa shape index (κ2) is 9.98. The maximum atomic E-state index is 13.3. The van der Waals surface area contributed by atoms with E-state index in [1.165, 1.54) is 12.1 Å². The Balaban J connectivity index is 1.46. The predicted octanol–water partition coefficient (Wildman–Crippen LogP) is 3.99. The minimum atomic E-state index is -0.344. The number of anilines is 2. The SMILES string of the molecule is CCN1CCN(c2ccc(N[C@H](C(=O)N3CCCCC3)c3ccccc3)cc2)CC1. The zero-order chi connectivity index (χ0) is 20.8. The molecule has 0 saturated carbocycles. The summed E-state index contributed by atoms with van der Waals surface area (Å²) in [5, 5.41) is 3.52. The molecule has 0 unspecified atom stereocenters. The van der Waals surface area contributed by atoms with Gasteiger partial charge in [-0.15, -0.1) is 0 Å². The van der Waals surface area contributed by atoms with Crippen molar-refractivity contribution in [3.05, 3.63) is 60.2 Å². The zero-order valence-corrected chi connectivity index (χ0v) is 18.1. The molecular weight excluding hydrogens is 372 g/mol. The molecular formula is C25H34N4O. The van der Waals surface area contributed by atoms with Crippen molar-refractivity contribution in [1.29, 1.82) is 0 Å². The summed E-state index contributed by atoms with van der Waals surface area (Å²) in [4.78, 5) is 20.3. The summed E-state index contributed by atoms with van der Waals surface area (Å²) in [5.74, 6) is 0.181. The summed E-state index contributed by atoms with van der Waals surface area (Å²) in [6.07, 6.45) is 3.43. The van der Waals surface area contributed by atoms with Crippen molar-refractivity contribution in [3.63, 3.8) is 0 Å². The van der Waals surface area contributed by atoms with Crippen LogP contribution in [0.15, 0.2) is 54.6 Å². The van der Waals surface area contributed by atoms with Gasteiger partial charge in [0, 0.05) is 50.6 Å². The van der Waals surface area contributed by atoms with Crippen LogP contribution in [0.1, 0.15) is 37.8 Å². The number of likely N-dealkylation sites (N-methyl/N-ethyl adjacent to an activating group) is 1. The van der Waals surface area contributed by atoms with Gasteiger partial charge < -0.3 is 20.0 Å². The highest BCUT2D eigenvalue weighted by Gasteiger charge is 2.27. The van der Waals surface area contributed by atoms with Crippen LogP contribution in [0.4, 0.5) is 11.4 Å². The highest BCUT2D eigenvalue weighted by Crippen LogP contribution is 2.26. The first-order valence-electron chi connectivity index (χ1n) is 11.4. The number of likely N-dealkylation sites (tertiary alicyclic amines) is 1. The zero-order valence-electron chi connectivity index (χ0n) is 18.1. The van der Waals surface area contributed by atoms with Gasteiger partial charge >= 0.3 is 0 Å². The number of rotatable bonds is 6. The fourth-order valence-corrected chi connectivity index (χ4v) is 4.49. The van der Waals surface area contributed by atoms with Gasteiger partial charge in [-0.25, -0.2) is 0 Å². The van der Waals surface area contributed by atoms with Crippen LogP contribution in [-0.4, -0.2) is 61.5 Å². The average molecular weight is 407 g/mol. The number of nitrogens with zero attached hydrogens (tertiary/aromatic N) is 3. The lowest BCUT2D eigenvalue weighted by Gasteiger charge is -2.35. The van der Waals surface area contributed by atoms with Gasteiger partial charge in [-0.3, -0.25) is 4.79 Å². The van der Waals surface area contributed by atoms with Gasteiger partial charge in [-0.05, 0) is 55.6 Å². The minimum Gasteiger partial charge on any atom is -0.370 e. The first kappa shape index (κ1) is 20.7. The fraction of sp³-hybridized carbons (Fsp3) is 0.480. The molecule has 5 heteroatoms. The Kier molecular flexibility index (Phi) is 6.90. The van der Waals surface area contributed by atoms with Crippen molar-refractivity contribution in [2.24, 2.45) is 0 Å². The molecule has 1 atom stereocenters. The molecule has 0 bridgehead atoms. The normalized spacial score (nSPS) is 18.8. The van der Waals surface area contributed by atoms with Gasteiger partial charge in [0.2, 0.25) is 5.91 Å². The number of benzene rings is 2. The number of hydrogen-bond donors (Lipinski definition) is 1. The molecule has 2 heterocycles. The van der Waals surface area contributed by atoms with Gasteiger partial charge in [0.05, 0.1) is 0 Å². The van der Waals surface area contributed by atoms with E-state index >= 15 is 0 Å². The Morgan fingerprint density at radius 2 is 1.53 bits per heavy atom. The number of nitrogens with one attached hydrogen (secondary N) is 1. The standard InChI is InChI=1S/C25H34N4O/c1-2-27-17-19-28(20-18-27)23-13-11-22(12-14-23)26-24(21-9-5-3-6-10-21)25(30)29-15-7-4-8-16-29/h3,5-6,9-14,24,26H,2,4,7-8,15-20H2,1H3/t24-/m0/s1. The lowest BCUT2D eigenvalue weighted by molar-refractivity contribution is -0.133. The maximum Gasteiger partial charge on any atom is 0.249 e. The van der Waals surface area contributed by atoms with E-state index < -0.39 is 0 Å². The van der Waals surface area contributed by atoms with Crippen LogP contribution in [0.5, 0.6) is 0 Å². The molecule has 0 aromatic heterocycles. The summed E-state index contributed by atoms with van der Waals surface area (Å²) < 4.78 is 0. The third-order valence-electron chi connectivity index (χ3n) is 6.41. The quantitative estimate of drug-likeness (QED) is 0.787. The van der Waals surface area contributed by atoms with Crippen LogP contribution in [0.25, 0.3) is 0 Å². The molecule has 2 saturated heterocycles. The Hall–Kier alpha value is -2.53. The van der Waals surface area contributed by atoms with E-state index in [1.54, 1.807) is 0 Å². The van der Waals surface area contributed by atoms with E-state index in [2.05, 4.69) is 46.3 Å². The van der Waals surface area contributed by atoms with Gasteiger partial charge in [0.1, 0.15) is 6.04 Å². The summed E-state index contributed by atoms with van der Waals surface area (Å²) in [6.45, 7) is 9.47. The average Bonchev–Trinajstić information content (AvgIpc) is 2.84. The molecule has 2 aromatic carbocycles. The van der Waals surface area contributed by atoms with Crippen molar-refractivity contribution in [2.75, 3.05) is 56.0 Å². The summed E-state index contributed by atoms with van der Waals surface area (Å²) >= 11 is 0. The molecule has 5 nitrogen and oxygen atoms in total. The summed E-state index contributed by atoms with van der Waals surface area (Å²) in [5.41, 5.74) is 3.27. The number of piperidine rings is 1. The van der Waals surface area contributed by atoms with E-state index in [0.717, 1.165) is 69.9 Å². The highest BCUT2D eigenvalue weighted by atomic mass is 16.2. The maximum absolute atomic E-state index is 13.3. The molecule has 2 aromatic rings. The van der Waals surface area contributed by atoms with Crippen molar-refractivity contribution in [3.8, 4) is 0 Å². The van der Waals surface area contributed by atoms with Crippen LogP contribution >= 0.6 is 0 Å². The molecule has 0 aliphatic carbocycles. The van der Waals surface area contributed by atoms with Crippen molar-refractivity contribution in [2.45, 2.75) is 32.2 Å². The second-order valence-electron chi connectivity index (χ2n) is 8.34. The van der Waals surface area contributed by atoms with Crippen molar-refractivity contribution >= 4 is 17.3 Å². The molecule has 2 aliphatic rings.